The molecule has 0 aliphatic heterocycles. The van der Waals surface area contributed by atoms with E-state index in [0.29, 0.717) is 6.04 Å². The minimum atomic E-state index is 0.667. The molecule has 0 amide bonds. The fourth-order valence-electron chi connectivity index (χ4n) is 3.72. The van der Waals surface area contributed by atoms with Crippen molar-refractivity contribution >= 4 is 0 Å². The van der Waals surface area contributed by atoms with Crippen LogP contribution in [0.4, 0.5) is 0 Å². The minimum Gasteiger partial charge on any atom is -0.364 e. The van der Waals surface area contributed by atoms with Crippen LogP contribution in [0, 0.1) is 0 Å². The largest absolute Gasteiger partial charge is 0.364 e. The molecule has 1 atom stereocenters. The third-order valence-electron chi connectivity index (χ3n) is 4.71. The van der Waals surface area contributed by atoms with Gasteiger partial charge in [-0.1, -0.05) is 37.2 Å². The molecule has 22 heavy (non-hydrogen) atoms. The van der Waals surface area contributed by atoms with Crippen LogP contribution in [-0.2, 0) is 12.8 Å². The van der Waals surface area contributed by atoms with Crippen LogP contribution in [0.15, 0.2) is 35.1 Å². The number of benzene rings is 1. The van der Waals surface area contributed by atoms with E-state index in [4.69, 9.17) is 4.52 Å². The van der Waals surface area contributed by atoms with Crippen molar-refractivity contribution in [1.82, 2.24) is 10.1 Å². The highest BCUT2D eigenvalue weighted by atomic mass is 16.5. The van der Waals surface area contributed by atoms with E-state index in [9.17, 15) is 0 Å². The summed E-state index contributed by atoms with van der Waals surface area (Å²) in [6.07, 6.45) is 7.71. The molecule has 3 heteroatoms. The van der Waals surface area contributed by atoms with Gasteiger partial charge in [-0.3, -0.25) is 0 Å². The van der Waals surface area contributed by atoms with E-state index in [1.54, 1.807) is 6.26 Å². The van der Waals surface area contributed by atoms with Gasteiger partial charge in [-0.05, 0) is 56.3 Å². The summed E-state index contributed by atoms with van der Waals surface area (Å²) in [7, 11) is 0. The Hall–Kier alpha value is -1.61. The lowest BCUT2D eigenvalue weighted by molar-refractivity contribution is 0.180. The van der Waals surface area contributed by atoms with Crippen molar-refractivity contribution in [2.24, 2.45) is 0 Å². The fraction of sp³-hybridized carbons (Fsp3) is 0.526. The van der Waals surface area contributed by atoms with Gasteiger partial charge in [0.1, 0.15) is 12.0 Å². The molecular weight excluding hydrogens is 272 g/mol. The molecule has 118 valence electrons. The highest BCUT2D eigenvalue weighted by Crippen LogP contribution is 2.32. The van der Waals surface area contributed by atoms with Crippen molar-refractivity contribution in [2.45, 2.75) is 52.0 Å². The molecule has 0 fully saturated rings. The molecule has 1 heterocycles. The maximum Gasteiger partial charge on any atom is 0.124 e. The summed E-state index contributed by atoms with van der Waals surface area (Å²) >= 11 is 0. The fourth-order valence-corrected chi connectivity index (χ4v) is 3.72. The van der Waals surface area contributed by atoms with E-state index >= 15 is 0 Å². The molecule has 0 saturated carbocycles. The Balaban J connectivity index is 1.88. The van der Waals surface area contributed by atoms with Crippen LogP contribution in [0.25, 0.3) is 11.3 Å². The SMILES string of the molecule is CCCN(CCC)[C@@H]1CCc2cccc(-c3ccon3)c2C1. The third kappa shape index (κ3) is 3.09. The van der Waals surface area contributed by atoms with E-state index in [1.807, 2.05) is 6.07 Å². The Morgan fingerprint density at radius 1 is 1.18 bits per heavy atom. The molecule has 0 saturated heterocycles. The lowest BCUT2D eigenvalue weighted by atomic mass is 9.84. The quantitative estimate of drug-likeness (QED) is 0.795. The smallest absolute Gasteiger partial charge is 0.124 e. The summed E-state index contributed by atoms with van der Waals surface area (Å²) in [4.78, 5) is 2.68. The van der Waals surface area contributed by atoms with Crippen molar-refractivity contribution in [3.05, 3.63) is 41.7 Å². The predicted molar refractivity (Wildman–Crippen MR) is 89.9 cm³/mol. The monoisotopic (exact) mass is 298 g/mol. The molecule has 2 aromatic rings. The zero-order valence-corrected chi connectivity index (χ0v) is 13.7. The van der Waals surface area contributed by atoms with Crippen LogP contribution >= 0.6 is 0 Å². The van der Waals surface area contributed by atoms with Crippen molar-refractivity contribution < 1.29 is 4.52 Å². The van der Waals surface area contributed by atoms with Crippen LogP contribution in [0.5, 0.6) is 0 Å². The maximum absolute atomic E-state index is 5.05. The van der Waals surface area contributed by atoms with E-state index in [-0.39, 0.29) is 0 Å². The van der Waals surface area contributed by atoms with Crippen molar-refractivity contribution in [3.63, 3.8) is 0 Å². The Bertz CT molecular complexity index is 585. The Labute approximate surface area is 133 Å². The van der Waals surface area contributed by atoms with Gasteiger partial charge in [-0.15, -0.1) is 0 Å². The predicted octanol–water partition coefficient (Wildman–Crippen LogP) is 4.32. The number of hydrogen-bond donors (Lipinski definition) is 0. The number of aryl methyl sites for hydroxylation is 1. The van der Waals surface area contributed by atoms with E-state index in [0.717, 1.165) is 12.1 Å². The second-order valence-electron chi connectivity index (χ2n) is 6.26. The lowest BCUT2D eigenvalue weighted by Crippen LogP contribution is -2.40. The zero-order chi connectivity index (χ0) is 15.4. The molecule has 0 bridgehead atoms. The number of aromatic nitrogens is 1. The topological polar surface area (TPSA) is 29.3 Å². The standard InChI is InChI=1S/C19H26N2O/c1-3-11-21(12-4-2)16-9-8-15-6-5-7-17(18(15)14-16)19-10-13-22-20-19/h5-7,10,13,16H,3-4,8-9,11-12,14H2,1-2H3/t16-/m1/s1. The average Bonchev–Trinajstić information content (AvgIpc) is 3.08. The molecule has 0 unspecified atom stereocenters. The average molecular weight is 298 g/mol. The molecule has 0 radical (unpaired) electrons. The summed E-state index contributed by atoms with van der Waals surface area (Å²) in [6.45, 7) is 6.97. The molecule has 0 spiro atoms. The highest BCUT2D eigenvalue weighted by molar-refractivity contribution is 5.65. The first-order valence-electron chi connectivity index (χ1n) is 8.59. The Morgan fingerprint density at radius 2 is 2.00 bits per heavy atom. The first-order chi connectivity index (χ1) is 10.8. The molecule has 3 nitrogen and oxygen atoms in total. The first kappa shape index (κ1) is 15.3. The van der Waals surface area contributed by atoms with Gasteiger partial charge >= 0.3 is 0 Å². The molecule has 1 aliphatic carbocycles. The Kier molecular flexibility index (Phi) is 4.94. The van der Waals surface area contributed by atoms with Gasteiger partial charge in [-0.2, -0.15) is 0 Å². The van der Waals surface area contributed by atoms with Gasteiger partial charge in [0, 0.05) is 17.7 Å². The van der Waals surface area contributed by atoms with Crippen molar-refractivity contribution in [1.29, 1.82) is 0 Å². The number of hydrogen-bond acceptors (Lipinski definition) is 3. The first-order valence-corrected chi connectivity index (χ1v) is 8.59. The van der Waals surface area contributed by atoms with Crippen LogP contribution in [0.2, 0.25) is 0 Å². The second kappa shape index (κ2) is 7.10. The third-order valence-corrected chi connectivity index (χ3v) is 4.71. The highest BCUT2D eigenvalue weighted by Gasteiger charge is 2.25. The van der Waals surface area contributed by atoms with Gasteiger partial charge in [-0.25, -0.2) is 0 Å². The van der Waals surface area contributed by atoms with E-state index in [2.05, 4.69) is 42.1 Å². The molecule has 0 N–H and O–H groups in total. The second-order valence-corrected chi connectivity index (χ2v) is 6.26. The lowest BCUT2D eigenvalue weighted by Gasteiger charge is -2.35. The van der Waals surface area contributed by atoms with Crippen molar-refractivity contribution in [2.75, 3.05) is 13.1 Å². The summed E-state index contributed by atoms with van der Waals surface area (Å²) in [5.74, 6) is 0. The van der Waals surface area contributed by atoms with Gasteiger partial charge < -0.3 is 9.42 Å². The zero-order valence-electron chi connectivity index (χ0n) is 13.7. The summed E-state index contributed by atoms with van der Waals surface area (Å²) in [6, 6.07) is 9.25. The molecular formula is C19H26N2O. The Morgan fingerprint density at radius 3 is 2.68 bits per heavy atom. The molecule has 1 aliphatic rings. The van der Waals surface area contributed by atoms with Crippen LogP contribution in [-0.4, -0.2) is 29.2 Å². The minimum absolute atomic E-state index is 0.667. The summed E-state index contributed by atoms with van der Waals surface area (Å²) < 4.78 is 5.05. The molecule has 1 aromatic heterocycles. The molecule has 1 aromatic carbocycles. The molecule has 3 rings (SSSR count). The van der Waals surface area contributed by atoms with Crippen LogP contribution < -0.4 is 0 Å². The van der Waals surface area contributed by atoms with Gasteiger partial charge in [0.2, 0.25) is 0 Å². The number of fused-ring (bicyclic) bond motifs is 1. The van der Waals surface area contributed by atoms with E-state index < -0.39 is 0 Å². The van der Waals surface area contributed by atoms with Gasteiger partial charge in [0.05, 0.1) is 0 Å². The maximum atomic E-state index is 5.05. The summed E-state index contributed by atoms with van der Waals surface area (Å²) in [5.41, 5.74) is 5.19. The van der Waals surface area contributed by atoms with Gasteiger partial charge in [0.25, 0.3) is 0 Å². The van der Waals surface area contributed by atoms with Crippen LogP contribution in [0.3, 0.4) is 0 Å². The van der Waals surface area contributed by atoms with Crippen LogP contribution in [0.1, 0.15) is 44.2 Å². The van der Waals surface area contributed by atoms with Crippen molar-refractivity contribution in [3.8, 4) is 11.3 Å². The summed E-state index contributed by atoms with van der Waals surface area (Å²) in [5, 5.41) is 4.15. The number of nitrogens with zero attached hydrogens (tertiary/aromatic N) is 2. The van der Waals surface area contributed by atoms with E-state index in [1.165, 1.54) is 55.5 Å². The normalized spacial score (nSPS) is 17.7. The number of rotatable bonds is 6. The van der Waals surface area contributed by atoms with Gasteiger partial charge in [0.15, 0.2) is 0 Å².